The second-order valence-corrected chi connectivity index (χ2v) is 3.68. The second-order valence-electron chi connectivity index (χ2n) is 2.82. The molecule has 86 valence electrons. The Balaban J connectivity index is 3.03. The van der Waals surface area contributed by atoms with Gasteiger partial charge in [0.1, 0.15) is 0 Å². The maximum absolute atomic E-state index is 9.55. The highest BCUT2D eigenvalue weighted by atomic mass is 79.9. The fourth-order valence-electron chi connectivity index (χ4n) is 0.986. The molecule has 5 N–H and O–H groups in total. The van der Waals surface area contributed by atoms with Crippen LogP contribution >= 0.6 is 15.9 Å². The lowest BCUT2D eigenvalue weighted by molar-refractivity contribution is 0.372. The summed E-state index contributed by atoms with van der Waals surface area (Å²) in [7, 11) is 1.46. The average molecular weight is 287 g/mol. The first-order chi connectivity index (χ1) is 7.54. The SMILES string of the molecule is COc1cc(/C=N\N=C(N)N)cc(Br)c1O. The third-order valence-electron chi connectivity index (χ3n) is 1.65. The van der Waals surface area contributed by atoms with Gasteiger partial charge in [0.15, 0.2) is 11.5 Å². The average Bonchev–Trinajstić information content (AvgIpc) is 2.22. The highest BCUT2D eigenvalue weighted by Gasteiger charge is 2.07. The van der Waals surface area contributed by atoms with Gasteiger partial charge in [-0.05, 0) is 33.6 Å². The van der Waals surface area contributed by atoms with Crippen molar-refractivity contribution in [3.05, 3.63) is 22.2 Å². The number of rotatable bonds is 3. The maximum atomic E-state index is 9.55. The number of benzene rings is 1. The van der Waals surface area contributed by atoms with Crippen molar-refractivity contribution in [2.45, 2.75) is 0 Å². The van der Waals surface area contributed by atoms with Gasteiger partial charge < -0.3 is 21.3 Å². The molecule has 6 nitrogen and oxygen atoms in total. The number of nitrogens with zero attached hydrogens (tertiary/aromatic N) is 2. The van der Waals surface area contributed by atoms with Crippen molar-refractivity contribution in [2.24, 2.45) is 21.7 Å². The van der Waals surface area contributed by atoms with Gasteiger partial charge in [0.25, 0.3) is 0 Å². The van der Waals surface area contributed by atoms with E-state index in [2.05, 4.69) is 26.1 Å². The Labute approximate surface area is 101 Å². The molecule has 0 bridgehead atoms. The number of halogens is 1. The molecule has 0 saturated carbocycles. The maximum Gasteiger partial charge on any atom is 0.211 e. The summed E-state index contributed by atoms with van der Waals surface area (Å²) in [6.45, 7) is 0. The predicted octanol–water partition coefficient (Wildman–Crippen LogP) is 0.771. The van der Waals surface area contributed by atoms with Gasteiger partial charge >= 0.3 is 0 Å². The van der Waals surface area contributed by atoms with E-state index in [0.29, 0.717) is 15.8 Å². The van der Waals surface area contributed by atoms with Crippen LogP contribution in [0.2, 0.25) is 0 Å². The van der Waals surface area contributed by atoms with E-state index < -0.39 is 0 Å². The molecule has 0 unspecified atom stereocenters. The fraction of sp³-hybridized carbons (Fsp3) is 0.111. The summed E-state index contributed by atoms with van der Waals surface area (Å²) in [5.41, 5.74) is 10.9. The fourth-order valence-corrected chi connectivity index (χ4v) is 1.45. The van der Waals surface area contributed by atoms with Crippen LogP contribution in [0.3, 0.4) is 0 Å². The van der Waals surface area contributed by atoms with Gasteiger partial charge in [-0.15, -0.1) is 5.10 Å². The third kappa shape index (κ3) is 3.13. The number of hydrogen-bond acceptors (Lipinski definition) is 4. The molecule has 1 aromatic carbocycles. The van der Waals surface area contributed by atoms with Crippen molar-refractivity contribution in [2.75, 3.05) is 7.11 Å². The van der Waals surface area contributed by atoms with Crippen molar-refractivity contribution in [1.82, 2.24) is 0 Å². The molecule has 16 heavy (non-hydrogen) atoms. The lowest BCUT2D eigenvalue weighted by Gasteiger charge is -2.05. The van der Waals surface area contributed by atoms with Crippen LogP contribution in [0.15, 0.2) is 26.8 Å². The van der Waals surface area contributed by atoms with Crippen molar-refractivity contribution in [1.29, 1.82) is 0 Å². The molecule has 0 atom stereocenters. The molecule has 0 aliphatic rings. The highest BCUT2D eigenvalue weighted by Crippen LogP contribution is 2.34. The lowest BCUT2D eigenvalue weighted by atomic mass is 10.2. The van der Waals surface area contributed by atoms with Gasteiger partial charge in [0.05, 0.1) is 17.8 Å². The molecule has 0 saturated heterocycles. The van der Waals surface area contributed by atoms with Gasteiger partial charge in [-0.1, -0.05) is 0 Å². The van der Waals surface area contributed by atoms with Crippen LogP contribution in [-0.2, 0) is 0 Å². The molecule has 0 amide bonds. The Morgan fingerprint density at radius 1 is 1.50 bits per heavy atom. The molecule has 0 aromatic heterocycles. The van der Waals surface area contributed by atoms with Crippen molar-refractivity contribution in [3.8, 4) is 11.5 Å². The zero-order chi connectivity index (χ0) is 12.1. The van der Waals surface area contributed by atoms with E-state index in [0.717, 1.165) is 0 Å². The van der Waals surface area contributed by atoms with Gasteiger partial charge in [-0.2, -0.15) is 5.10 Å². The number of guanidine groups is 1. The molecule has 0 radical (unpaired) electrons. The molecule has 0 fully saturated rings. The molecular formula is C9H11BrN4O2. The van der Waals surface area contributed by atoms with Crippen LogP contribution in [0.4, 0.5) is 0 Å². The number of aromatic hydroxyl groups is 1. The number of methoxy groups -OCH3 is 1. The smallest absolute Gasteiger partial charge is 0.211 e. The van der Waals surface area contributed by atoms with Crippen LogP contribution in [0.5, 0.6) is 11.5 Å². The summed E-state index contributed by atoms with van der Waals surface area (Å²) in [5.74, 6) is 0.239. The van der Waals surface area contributed by atoms with E-state index in [9.17, 15) is 5.11 Å². The summed E-state index contributed by atoms with van der Waals surface area (Å²) < 4.78 is 5.47. The first-order valence-corrected chi connectivity index (χ1v) is 5.02. The topological polar surface area (TPSA) is 106 Å². The molecule has 7 heteroatoms. The quantitative estimate of drug-likeness (QED) is 0.433. The Kier molecular flexibility index (Phi) is 4.12. The minimum Gasteiger partial charge on any atom is -0.503 e. The van der Waals surface area contributed by atoms with E-state index in [1.54, 1.807) is 12.1 Å². The van der Waals surface area contributed by atoms with Crippen LogP contribution in [0, 0.1) is 0 Å². The second kappa shape index (κ2) is 5.36. The first kappa shape index (κ1) is 12.3. The Bertz CT molecular complexity index is 441. The van der Waals surface area contributed by atoms with E-state index in [-0.39, 0.29) is 11.7 Å². The van der Waals surface area contributed by atoms with Crippen LogP contribution < -0.4 is 16.2 Å². The Morgan fingerprint density at radius 2 is 2.19 bits per heavy atom. The molecule has 0 aliphatic carbocycles. The minimum atomic E-state index is -0.124. The van der Waals surface area contributed by atoms with Crippen LogP contribution in [0.25, 0.3) is 0 Å². The standard InChI is InChI=1S/C9H11BrN4O2/c1-16-7-3-5(2-6(10)8(7)15)4-13-14-9(11)12/h2-4,15H,1H3,(H4,11,12,14)/b13-4-. The number of hydrogen-bond donors (Lipinski definition) is 3. The summed E-state index contributed by atoms with van der Waals surface area (Å²) in [6, 6.07) is 3.26. The third-order valence-corrected chi connectivity index (χ3v) is 2.26. The van der Waals surface area contributed by atoms with Crippen molar-refractivity contribution < 1.29 is 9.84 Å². The Hall–Kier alpha value is -1.76. The zero-order valence-corrected chi connectivity index (χ0v) is 10.1. The van der Waals surface area contributed by atoms with E-state index in [1.807, 2.05) is 0 Å². The number of nitrogens with two attached hydrogens (primary N) is 2. The lowest BCUT2D eigenvalue weighted by Crippen LogP contribution is -2.21. The number of phenols is 1. The van der Waals surface area contributed by atoms with E-state index >= 15 is 0 Å². The molecule has 1 aromatic rings. The van der Waals surface area contributed by atoms with Crippen molar-refractivity contribution >= 4 is 28.1 Å². The molecule has 0 spiro atoms. The zero-order valence-electron chi connectivity index (χ0n) is 8.51. The van der Waals surface area contributed by atoms with E-state index in [1.165, 1.54) is 13.3 Å². The Morgan fingerprint density at radius 3 is 2.75 bits per heavy atom. The summed E-state index contributed by atoms with van der Waals surface area (Å²) in [4.78, 5) is 0. The normalized spacial score (nSPS) is 10.4. The van der Waals surface area contributed by atoms with Crippen LogP contribution in [-0.4, -0.2) is 24.4 Å². The van der Waals surface area contributed by atoms with Gasteiger partial charge in [-0.25, -0.2) is 0 Å². The molecular weight excluding hydrogens is 276 g/mol. The summed E-state index contributed by atoms with van der Waals surface area (Å²) >= 11 is 3.18. The summed E-state index contributed by atoms with van der Waals surface area (Å²) in [5, 5.41) is 16.6. The van der Waals surface area contributed by atoms with E-state index in [4.69, 9.17) is 16.2 Å². The largest absolute Gasteiger partial charge is 0.503 e. The van der Waals surface area contributed by atoms with Gasteiger partial charge in [0, 0.05) is 0 Å². The molecule has 0 aliphatic heterocycles. The molecule has 0 heterocycles. The first-order valence-electron chi connectivity index (χ1n) is 4.23. The van der Waals surface area contributed by atoms with Crippen molar-refractivity contribution in [3.63, 3.8) is 0 Å². The predicted molar refractivity (Wildman–Crippen MR) is 65.8 cm³/mol. The monoisotopic (exact) mass is 286 g/mol. The van der Waals surface area contributed by atoms with Crippen LogP contribution in [0.1, 0.15) is 5.56 Å². The number of ether oxygens (including phenoxy) is 1. The number of phenolic OH excluding ortho intramolecular Hbond substituents is 1. The highest BCUT2D eigenvalue weighted by molar-refractivity contribution is 9.10. The van der Waals surface area contributed by atoms with Gasteiger partial charge in [0.2, 0.25) is 5.96 Å². The molecule has 1 rings (SSSR count). The van der Waals surface area contributed by atoms with Gasteiger partial charge in [-0.3, -0.25) is 0 Å². The minimum absolute atomic E-state index is 0.0292. The summed E-state index contributed by atoms with van der Waals surface area (Å²) in [6.07, 6.45) is 1.44.